The lowest BCUT2D eigenvalue weighted by atomic mass is 10.1. The molecule has 0 bridgehead atoms. The van der Waals surface area contributed by atoms with Crippen LogP contribution in [0.5, 0.6) is 0 Å². The maximum absolute atomic E-state index is 12.3. The minimum absolute atomic E-state index is 0.0199. The highest BCUT2D eigenvalue weighted by Gasteiger charge is 2.30. The molecule has 3 unspecified atom stereocenters. The van der Waals surface area contributed by atoms with E-state index >= 15 is 0 Å². The van der Waals surface area contributed by atoms with Crippen LogP contribution in [-0.4, -0.2) is 31.1 Å². The first-order chi connectivity index (χ1) is 9.44. The van der Waals surface area contributed by atoms with Gasteiger partial charge in [-0.3, -0.25) is 0 Å². The molecule has 0 aliphatic heterocycles. The first-order valence-corrected chi connectivity index (χ1v) is 9.54. The molecule has 0 radical (unpaired) electrons. The van der Waals surface area contributed by atoms with E-state index in [1.165, 1.54) is 0 Å². The Morgan fingerprint density at radius 2 is 1.95 bits per heavy atom. The van der Waals surface area contributed by atoms with Crippen molar-refractivity contribution in [3.63, 3.8) is 0 Å². The van der Waals surface area contributed by atoms with Crippen LogP contribution in [0.25, 0.3) is 0 Å². The van der Waals surface area contributed by atoms with Crippen LogP contribution in [0.4, 0.5) is 0 Å². The van der Waals surface area contributed by atoms with Gasteiger partial charge in [0, 0.05) is 11.3 Å². The van der Waals surface area contributed by atoms with Crippen LogP contribution >= 0.6 is 11.8 Å². The maximum Gasteiger partial charge on any atom is 0.240 e. The van der Waals surface area contributed by atoms with Crippen molar-refractivity contribution in [1.82, 2.24) is 4.72 Å². The summed E-state index contributed by atoms with van der Waals surface area (Å²) in [4.78, 5) is 0.258. The van der Waals surface area contributed by atoms with Crippen LogP contribution in [0.15, 0.2) is 29.2 Å². The molecule has 0 spiro atoms. The predicted molar refractivity (Wildman–Crippen MR) is 82.3 cm³/mol. The molecule has 4 nitrogen and oxygen atoms in total. The first kappa shape index (κ1) is 15.8. The average molecular weight is 315 g/mol. The largest absolute Gasteiger partial charge is 0.389 e. The summed E-state index contributed by atoms with van der Waals surface area (Å²) >= 11 is 1.72. The molecule has 1 saturated carbocycles. The highest BCUT2D eigenvalue weighted by Crippen LogP contribution is 2.29. The van der Waals surface area contributed by atoms with Crippen LogP contribution < -0.4 is 4.72 Å². The second-order valence-corrected chi connectivity index (χ2v) is 7.97. The van der Waals surface area contributed by atoms with E-state index in [9.17, 15) is 13.5 Å². The number of sulfonamides is 1. The lowest BCUT2D eigenvalue weighted by molar-refractivity contribution is 0.199. The number of thioether (sulfide) groups is 1. The second-order valence-electron chi connectivity index (χ2n) is 5.18. The van der Waals surface area contributed by atoms with Crippen molar-refractivity contribution in [1.29, 1.82) is 0 Å². The number of rotatable bonds is 5. The Labute approximate surface area is 125 Å². The smallest absolute Gasteiger partial charge is 0.240 e. The predicted octanol–water partition coefficient (Wildman–Crippen LogP) is 2.30. The zero-order chi connectivity index (χ0) is 14.8. The topological polar surface area (TPSA) is 66.4 Å². The number of aliphatic hydroxyl groups excluding tert-OH is 1. The van der Waals surface area contributed by atoms with Gasteiger partial charge in [-0.1, -0.05) is 18.6 Å². The summed E-state index contributed by atoms with van der Waals surface area (Å²) in [5.41, 5.74) is 0.715. The first-order valence-electron chi connectivity index (χ1n) is 6.77. The Hall–Kier alpha value is -0.560. The van der Waals surface area contributed by atoms with E-state index in [1.54, 1.807) is 43.0 Å². The molecule has 6 heteroatoms. The summed E-state index contributed by atoms with van der Waals surface area (Å²) in [5.74, 6) is 0. The molecule has 2 N–H and O–H groups in total. The van der Waals surface area contributed by atoms with Crippen molar-refractivity contribution in [2.24, 2.45) is 0 Å². The van der Waals surface area contributed by atoms with Gasteiger partial charge in [-0.25, -0.2) is 13.1 Å². The maximum atomic E-state index is 12.3. The van der Waals surface area contributed by atoms with Gasteiger partial charge < -0.3 is 5.11 Å². The molecule has 1 aliphatic rings. The van der Waals surface area contributed by atoms with Crippen molar-refractivity contribution in [2.45, 2.75) is 48.5 Å². The Morgan fingerprint density at radius 1 is 1.30 bits per heavy atom. The number of hydrogen-bond donors (Lipinski definition) is 2. The fourth-order valence-electron chi connectivity index (χ4n) is 2.54. The van der Waals surface area contributed by atoms with Crippen molar-refractivity contribution < 1.29 is 13.5 Å². The fraction of sp³-hybridized carbons (Fsp3) is 0.571. The van der Waals surface area contributed by atoms with Gasteiger partial charge in [-0.05, 0) is 43.7 Å². The molecule has 0 heterocycles. The minimum atomic E-state index is -3.47. The monoisotopic (exact) mass is 315 g/mol. The van der Waals surface area contributed by atoms with E-state index < -0.39 is 16.1 Å². The van der Waals surface area contributed by atoms with E-state index in [1.807, 2.05) is 6.26 Å². The SMILES string of the molecule is CSC1CCCC1NS(=O)(=O)c1ccc(C(C)O)cc1. The summed E-state index contributed by atoms with van der Waals surface area (Å²) in [5, 5.41) is 9.81. The van der Waals surface area contributed by atoms with Crippen LogP contribution in [-0.2, 0) is 10.0 Å². The second kappa shape index (κ2) is 6.47. The molecule has 2 rings (SSSR count). The van der Waals surface area contributed by atoms with E-state index in [4.69, 9.17) is 0 Å². The molecule has 20 heavy (non-hydrogen) atoms. The van der Waals surface area contributed by atoms with Crippen molar-refractivity contribution in [3.8, 4) is 0 Å². The lowest BCUT2D eigenvalue weighted by Gasteiger charge is -2.19. The van der Waals surface area contributed by atoms with E-state index in [0.29, 0.717) is 10.8 Å². The number of nitrogens with one attached hydrogen (secondary N) is 1. The molecule has 0 amide bonds. The van der Waals surface area contributed by atoms with Crippen molar-refractivity contribution >= 4 is 21.8 Å². The fourth-order valence-corrected chi connectivity index (χ4v) is 4.87. The molecular formula is C14H21NO3S2. The number of hydrogen-bond acceptors (Lipinski definition) is 4. The Morgan fingerprint density at radius 3 is 2.50 bits per heavy atom. The molecular weight excluding hydrogens is 294 g/mol. The van der Waals surface area contributed by atoms with Crippen LogP contribution in [0.2, 0.25) is 0 Å². The van der Waals surface area contributed by atoms with Gasteiger partial charge >= 0.3 is 0 Å². The molecule has 3 atom stereocenters. The lowest BCUT2D eigenvalue weighted by Crippen LogP contribution is -2.38. The van der Waals surface area contributed by atoms with E-state index in [-0.39, 0.29) is 10.9 Å². The van der Waals surface area contributed by atoms with Crippen molar-refractivity contribution in [2.75, 3.05) is 6.26 Å². The summed E-state index contributed by atoms with van der Waals surface area (Å²) in [6.07, 6.45) is 4.47. The Bertz CT molecular complexity index is 540. The molecule has 0 aromatic heterocycles. The minimum Gasteiger partial charge on any atom is -0.389 e. The van der Waals surface area contributed by atoms with Crippen molar-refractivity contribution in [3.05, 3.63) is 29.8 Å². The summed E-state index contributed by atoms with van der Waals surface area (Å²) < 4.78 is 27.5. The van der Waals surface area contributed by atoms with Gasteiger partial charge in [-0.15, -0.1) is 0 Å². The van der Waals surface area contributed by atoms with Crippen LogP contribution in [0.3, 0.4) is 0 Å². The third-order valence-electron chi connectivity index (χ3n) is 3.73. The van der Waals surface area contributed by atoms with Gasteiger partial charge in [0.1, 0.15) is 0 Å². The standard InChI is InChI=1S/C14H21NO3S2/c1-10(16)11-6-8-12(9-7-11)20(17,18)15-13-4-3-5-14(13)19-2/h6-10,13-16H,3-5H2,1-2H3. The van der Waals surface area contributed by atoms with Crippen LogP contribution in [0, 0.1) is 0 Å². The Kier molecular flexibility index (Phi) is 5.12. The normalized spacial score (nSPS) is 24.8. The van der Waals surface area contributed by atoms with Crippen LogP contribution in [0.1, 0.15) is 37.9 Å². The molecule has 1 aromatic carbocycles. The zero-order valence-electron chi connectivity index (χ0n) is 11.7. The van der Waals surface area contributed by atoms with Gasteiger partial charge in [0.25, 0.3) is 0 Å². The number of aliphatic hydroxyl groups is 1. The summed E-state index contributed by atoms with van der Waals surface area (Å²) in [6, 6.07) is 6.42. The molecule has 1 aliphatic carbocycles. The average Bonchev–Trinajstić information content (AvgIpc) is 2.85. The molecule has 1 aromatic rings. The Balaban J connectivity index is 2.13. The van der Waals surface area contributed by atoms with Gasteiger partial charge in [0.2, 0.25) is 10.0 Å². The third-order valence-corrected chi connectivity index (χ3v) is 6.41. The van der Waals surface area contributed by atoms with Gasteiger partial charge in [0.15, 0.2) is 0 Å². The summed E-state index contributed by atoms with van der Waals surface area (Å²) in [6.45, 7) is 1.66. The molecule has 1 fully saturated rings. The molecule has 0 saturated heterocycles. The van der Waals surface area contributed by atoms with E-state index in [0.717, 1.165) is 19.3 Å². The highest BCUT2D eigenvalue weighted by atomic mass is 32.2. The van der Waals surface area contributed by atoms with Gasteiger partial charge in [0.05, 0.1) is 11.0 Å². The highest BCUT2D eigenvalue weighted by molar-refractivity contribution is 7.99. The van der Waals surface area contributed by atoms with Gasteiger partial charge in [-0.2, -0.15) is 11.8 Å². The quantitative estimate of drug-likeness (QED) is 0.875. The summed E-state index contributed by atoms with van der Waals surface area (Å²) in [7, 11) is -3.47. The van der Waals surface area contributed by atoms with E-state index in [2.05, 4.69) is 4.72 Å². The molecule has 112 valence electrons. The zero-order valence-corrected chi connectivity index (χ0v) is 13.4. The number of benzene rings is 1. The third kappa shape index (κ3) is 3.55.